The predicted octanol–water partition coefficient (Wildman–Crippen LogP) is 5.13. The summed E-state index contributed by atoms with van der Waals surface area (Å²) in [5.74, 6) is -3.66. The molecule has 2 aromatic heterocycles. The van der Waals surface area contributed by atoms with Crippen LogP contribution in [0.3, 0.4) is 0 Å². The Hall–Kier alpha value is -6.68. The molecule has 344 valence electrons. The second-order valence-corrected chi connectivity index (χ2v) is 19.3. The summed E-state index contributed by atoms with van der Waals surface area (Å²) in [5, 5.41) is 20.8. The van der Waals surface area contributed by atoms with Crippen LogP contribution >= 0.6 is 0 Å². The summed E-state index contributed by atoms with van der Waals surface area (Å²) in [7, 11) is 3.05. The average Bonchev–Trinajstić information content (AvgIpc) is 4.14. The van der Waals surface area contributed by atoms with E-state index >= 15 is 0 Å². The molecule has 1 saturated heterocycles. The summed E-state index contributed by atoms with van der Waals surface area (Å²) in [6, 6.07) is 11.9. The van der Waals surface area contributed by atoms with Crippen molar-refractivity contribution in [2.45, 2.75) is 85.9 Å². The molecule has 2 aliphatic carbocycles. The predicted molar refractivity (Wildman–Crippen MR) is 243 cm³/mol. The number of hydrogen-bond acceptors (Lipinski definition) is 11. The number of methoxy groups -OCH3 is 1. The highest BCUT2D eigenvalue weighted by molar-refractivity contribution is 6.36. The molecule has 3 fully saturated rings. The molecular formula is C50H55N7O9. The number of rotatable bonds is 9. The number of likely N-dealkylation sites (N-methyl/N-ethyl adjacent to an activating group) is 1. The Morgan fingerprint density at radius 3 is 2.53 bits per heavy atom. The zero-order valence-corrected chi connectivity index (χ0v) is 38.4. The summed E-state index contributed by atoms with van der Waals surface area (Å²) in [6.07, 6.45) is 5.35. The largest absolute Gasteiger partial charge is 0.508 e. The first kappa shape index (κ1) is 44.5. The molecule has 1 spiro atoms. The van der Waals surface area contributed by atoms with Gasteiger partial charge in [-0.3, -0.25) is 33.9 Å². The third-order valence-electron chi connectivity index (χ3n) is 13.8. The number of nitrogens with one attached hydrogen (secondary N) is 1. The van der Waals surface area contributed by atoms with Gasteiger partial charge in [0.2, 0.25) is 17.7 Å². The number of aryl methyl sites for hydroxylation is 1. The van der Waals surface area contributed by atoms with Crippen molar-refractivity contribution >= 4 is 52.1 Å². The number of esters is 1. The molecule has 66 heavy (non-hydrogen) atoms. The molecule has 16 nitrogen and oxygen atoms in total. The van der Waals surface area contributed by atoms with E-state index in [2.05, 4.69) is 39.0 Å². The highest BCUT2D eigenvalue weighted by atomic mass is 16.5. The van der Waals surface area contributed by atoms with Gasteiger partial charge in [-0.15, -0.1) is 0 Å². The van der Waals surface area contributed by atoms with E-state index in [1.807, 2.05) is 38.2 Å². The highest BCUT2D eigenvalue weighted by Gasteiger charge is 2.90. The number of benzene rings is 2. The van der Waals surface area contributed by atoms with Gasteiger partial charge in [-0.05, 0) is 110 Å². The van der Waals surface area contributed by atoms with Crippen LogP contribution < -0.4 is 5.32 Å². The molecule has 3 aliphatic heterocycles. The van der Waals surface area contributed by atoms with Crippen molar-refractivity contribution in [1.82, 2.24) is 29.7 Å². The Balaban J connectivity index is 1.10. The van der Waals surface area contributed by atoms with Gasteiger partial charge in [-0.1, -0.05) is 26.0 Å². The maximum Gasteiger partial charge on any atom is 0.354 e. The van der Waals surface area contributed by atoms with E-state index in [9.17, 15) is 33.9 Å². The SMILES string of the molecule is CCn1c(-c2cnccc2COC)c2c3cc(ccc31)-c1cc(O)cc(c1)C[C@H](NC(=O)C(=C(C)C)N(C)C(=O)CN1C(=O)C3C4CC43C1=O)C(=O)N1CCCC(=N1)C(=O)OCC(C)(C)C2. The Labute approximate surface area is 382 Å². The van der Waals surface area contributed by atoms with Crippen molar-refractivity contribution in [2.24, 2.45) is 27.8 Å². The number of imide groups is 1. The zero-order chi connectivity index (χ0) is 47.0. The number of allylic oxidation sites excluding steroid dienone is 1. The quantitative estimate of drug-likeness (QED) is 0.129. The highest BCUT2D eigenvalue weighted by Crippen LogP contribution is 2.83. The van der Waals surface area contributed by atoms with Gasteiger partial charge >= 0.3 is 5.97 Å². The standard InChI is InChI=1S/C50H55N7O9/c1-8-55-39-12-11-29-20-33(39)34(43(55)35-23-51-14-13-30(35)25-65-7)21-49(4,5)26-66-47(63)37-10-9-15-57(53-37)45(61)38(18-28-16-31(29)19-32(58)17-28)52-44(60)42(27(2)3)54(6)40(59)24-56-46(62)41-36-22-50(36,41)48(56)64/h11-14,16-17,19-20,23,36,38,41,58H,8-10,15,18,21-22,24-26H2,1-7H3,(H,52,60)/t36?,38-,41?,50?/m0/s1. The Kier molecular flexibility index (Phi) is 11.2. The summed E-state index contributed by atoms with van der Waals surface area (Å²) in [4.78, 5) is 89.1. The second kappa shape index (κ2) is 16.6. The number of amides is 5. The van der Waals surface area contributed by atoms with Gasteiger partial charge in [0.25, 0.3) is 11.8 Å². The topological polar surface area (TPSA) is 193 Å². The molecule has 2 saturated carbocycles. The van der Waals surface area contributed by atoms with E-state index in [0.717, 1.165) is 48.7 Å². The van der Waals surface area contributed by atoms with Crippen molar-refractivity contribution in [3.05, 3.63) is 82.8 Å². The van der Waals surface area contributed by atoms with Gasteiger partial charge in [-0.2, -0.15) is 5.10 Å². The fourth-order valence-electron chi connectivity index (χ4n) is 10.4. The molecule has 5 amide bonds. The van der Waals surface area contributed by atoms with Crippen LogP contribution in [0.25, 0.3) is 33.3 Å². The van der Waals surface area contributed by atoms with Crippen LogP contribution in [0, 0.1) is 22.7 Å². The van der Waals surface area contributed by atoms with Gasteiger partial charge in [0.1, 0.15) is 29.7 Å². The van der Waals surface area contributed by atoms with Crippen LogP contribution in [0.1, 0.15) is 70.6 Å². The number of aromatic nitrogens is 2. The van der Waals surface area contributed by atoms with Gasteiger partial charge in [0.05, 0.1) is 30.2 Å². The molecule has 4 aromatic rings. The van der Waals surface area contributed by atoms with Crippen molar-refractivity contribution in [2.75, 3.05) is 33.9 Å². The lowest BCUT2D eigenvalue weighted by atomic mass is 9.84. The third kappa shape index (κ3) is 7.63. The van der Waals surface area contributed by atoms with E-state index < -0.39 is 47.1 Å². The smallest absolute Gasteiger partial charge is 0.354 e. The number of nitrogens with zero attached hydrogens (tertiary/aromatic N) is 6. The van der Waals surface area contributed by atoms with Crippen LogP contribution in [0.4, 0.5) is 0 Å². The summed E-state index contributed by atoms with van der Waals surface area (Å²) < 4.78 is 13.9. The third-order valence-corrected chi connectivity index (χ3v) is 13.8. The molecule has 0 radical (unpaired) electrons. The van der Waals surface area contributed by atoms with Gasteiger partial charge in [0, 0.05) is 74.4 Å². The first-order chi connectivity index (χ1) is 31.5. The van der Waals surface area contributed by atoms with Crippen molar-refractivity contribution in [1.29, 1.82) is 0 Å². The lowest BCUT2D eigenvalue weighted by molar-refractivity contribution is -0.147. The van der Waals surface area contributed by atoms with Gasteiger partial charge in [0.15, 0.2) is 0 Å². The Bertz CT molecular complexity index is 2820. The number of hydrogen-bond donors (Lipinski definition) is 2. The molecule has 3 unspecified atom stereocenters. The zero-order valence-electron chi connectivity index (χ0n) is 38.4. The van der Waals surface area contributed by atoms with Crippen LogP contribution in [-0.2, 0) is 64.2 Å². The number of carbonyl (C=O) groups excluding carboxylic acids is 6. The Morgan fingerprint density at radius 2 is 1.83 bits per heavy atom. The molecule has 5 aliphatic rings. The monoisotopic (exact) mass is 897 g/mol. The maximum absolute atomic E-state index is 14.6. The van der Waals surface area contributed by atoms with E-state index in [1.165, 1.54) is 18.1 Å². The van der Waals surface area contributed by atoms with E-state index in [4.69, 9.17) is 9.47 Å². The van der Waals surface area contributed by atoms with Crippen LogP contribution in [0.5, 0.6) is 5.75 Å². The molecule has 6 bridgehead atoms. The number of aromatic hydroxyl groups is 1. The average molecular weight is 898 g/mol. The van der Waals surface area contributed by atoms with E-state index in [0.29, 0.717) is 49.1 Å². The summed E-state index contributed by atoms with van der Waals surface area (Å²) >= 11 is 0. The molecule has 9 rings (SSSR count). The number of phenols is 1. The first-order valence-electron chi connectivity index (χ1n) is 22.5. The first-order valence-corrected chi connectivity index (χ1v) is 22.5. The van der Waals surface area contributed by atoms with Crippen molar-refractivity contribution in [3.63, 3.8) is 0 Å². The number of piperidine rings is 1. The second-order valence-electron chi connectivity index (χ2n) is 19.3. The molecular weight excluding hydrogens is 843 g/mol. The number of ether oxygens (including phenoxy) is 2. The summed E-state index contributed by atoms with van der Waals surface area (Å²) in [5.41, 5.74) is 6.11. The van der Waals surface area contributed by atoms with E-state index in [1.54, 1.807) is 33.2 Å². The number of cyclic esters (lactones) is 1. The Morgan fingerprint density at radius 1 is 1.05 bits per heavy atom. The minimum absolute atomic E-state index is 0.0447. The lowest BCUT2D eigenvalue weighted by Gasteiger charge is -2.30. The number of pyridine rings is 1. The normalized spacial score (nSPS) is 23.1. The maximum atomic E-state index is 14.6. The van der Waals surface area contributed by atoms with Crippen LogP contribution in [0.15, 0.2) is 71.2 Å². The molecule has 2 aromatic carbocycles. The molecule has 5 heterocycles. The molecule has 16 heteroatoms. The van der Waals surface area contributed by atoms with Crippen LogP contribution in [-0.4, -0.2) is 111 Å². The van der Waals surface area contributed by atoms with E-state index in [-0.39, 0.29) is 66.8 Å². The number of hydrazone groups is 1. The lowest BCUT2D eigenvalue weighted by Crippen LogP contribution is -2.52. The van der Waals surface area contributed by atoms with Crippen LogP contribution in [0.2, 0.25) is 0 Å². The number of phenolic OH excluding ortho intramolecular Hbond substituents is 1. The van der Waals surface area contributed by atoms with Crippen molar-refractivity contribution in [3.8, 4) is 28.1 Å². The minimum Gasteiger partial charge on any atom is -0.508 e. The number of likely N-dealkylation sites (tertiary alicyclic amines) is 1. The van der Waals surface area contributed by atoms with Gasteiger partial charge < -0.3 is 29.4 Å². The fourth-order valence-corrected chi connectivity index (χ4v) is 10.4. The molecule has 4 atom stereocenters. The molecule has 2 N–H and O–H groups in total. The van der Waals surface area contributed by atoms with Crippen molar-refractivity contribution < 1.29 is 43.3 Å². The number of carbonyl (C=O) groups is 6. The minimum atomic E-state index is -1.29. The van der Waals surface area contributed by atoms with Gasteiger partial charge in [-0.25, -0.2) is 9.80 Å². The summed E-state index contributed by atoms with van der Waals surface area (Å²) in [6.45, 7) is 10.2. The fraction of sp³-hybridized carbons (Fsp3) is 0.440. The number of fused-ring (bicyclic) bond motifs is 6.